The van der Waals surface area contributed by atoms with E-state index in [1.807, 2.05) is 0 Å². The van der Waals surface area contributed by atoms with Gasteiger partial charge in [0.05, 0.1) is 18.1 Å². The minimum absolute atomic E-state index is 0.0351. The van der Waals surface area contributed by atoms with Gasteiger partial charge in [0.1, 0.15) is 5.56 Å². The number of hydrogen-bond donors (Lipinski definition) is 1. The Balaban J connectivity index is 2.79. The lowest BCUT2D eigenvalue weighted by molar-refractivity contribution is -0.139. The zero-order chi connectivity index (χ0) is 13.1. The molecule has 0 aliphatic rings. The van der Waals surface area contributed by atoms with E-state index in [1.54, 1.807) is 0 Å². The van der Waals surface area contributed by atoms with Crippen molar-refractivity contribution >= 4 is 17.6 Å². The van der Waals surface area contributed by atoms with Crippen molar-refractivity contribution in [3.8, 4) is 5.75 Å². The second-order valence-corrected chi connectivity index (χ2v) is 3.54. The second kappa shape index (κ2) is 5.27. The average Bonchev–Trinajstić information content (AvgIpc) is 2.18. The van der Waals surface area contributed by atoms with Gasteiger partial charge in [-0.05, 0) is 12.1 Å². The molecule has 0 saturated carbocycles. The van der Waals surface area contributed by atoms with Gasteiger partial charge in [0.2, 0.25) is 0 Å². The smallest absolute Gasteiger partial charge is 0.392 e. The molecule has 1 rings (SSSR count). The number of carbonyl (C=O) groups is 1. The van der Waals surface area contributed by atoms with Crippen LogP contribution in [0, 0.1) is 0 Å². The van der Waals surface area contributed by atoms with Crippen LogP contribution >= 0.6 is 11.6 Å². The molecular weight excluding hydrogens is 261 g/mol. The molecule has 0 heterocycles. The highest BCUT2D eigenvalue weighted by molar-refractivity contribution is 6.32. The number of benzene rings is 1. The lowest BCUT2D eigenvalue weighted by Crippen LogP contribution is -2.14. The van der Waals surface area contributed by atoms with Gasteiger partial charge < -0.3 is 9.84 Å². The highest BCUT2D eigenvalue weighted by Crippen LogP contribution is 2.29. The Morgan fingerprint density at radius 2 is 2.06 bits per heavy atom. The van der Waals surface area contributed by atoms with Crippen LogP contribution in [0.1, 0.15) is 16.8 Å². The van der Waals surface area contributed by atoms with Crippen molar-refractivity contribution in [2.45, 2.75) is 12.6 Å². The van der Waals surface area contributed by atoms with Gasteiger partial charge in [-0.3, -0.25) is 0 Å². The fraction of sp³-hybridized carbons (Fsp3) is 0.300. The third-order valence-electron chi connectivity index (χ3n) is 1.83. The predicted molar refractivity (Wildman–Crippen MR) is 54.6 cm³/mol. The number of para-hydroxylation sites is 1. The summed E-state index contributed by atoms with van der Waals surface area (Å²) in [4.78, 5) is 10.8. The van der Waals surface area contributed by atoms with Crippen molar-refractivity contribution in [2.24, 2.45) is 0 Å². The number of carboxylic acid groups (broad SMARTS) is 1. The van der Waals surface area contributed by atoms with Crippen molar-refractivity contribution in [1.82, 2.24) is 0 Å². The third kappa shape index (κ3) is 4.14. The van der Waals surface area contributed by atoms with Crippen molar-refractivity contribution in [3.63, 3.8) is 0 Å². The van der Waals surface area contributed by atoms with Crippen molar-refractivity contribution < 1.29 is 27.8 Å². The van der Waals surface area contributed by atoms with E-state index in [0.29, 0.717) is 0 Å². The minimum Gasteiger partial charge on any atom is -0.491 e. The van der Waals surface area contributed by atoms with Crippen LogP contribution in [0.3, 0.4) is 0 Å². The van der Waals surface area contributed by atoms with Crippen LogP contribution in [0.2, 0.25) is 5.02 Å². The number of halogens is 4. The summed E-state index contributed by atoms with van der Waals surface area (Å²) in [6.07, 6.45) is -5.53. The highest BCUT2D eigenvalue weighted by atomic mass is 35.5. The molecule has 1 aromatic carbocycles. The van der Waals surface area contributed by atoms with Crippen LogP contribution in [-0.4, -0.2) is 23.9 Å². The molecule has 0 atom stereocenters. The van der Waals surface area contributed by atoms with Gasteiger partial charge in [0.25, 0.3) is 0 Å². The van der Waals surface area contributed by atoms with E-state index >= 15 is 0 Å². The molecule has 94 valence electrons. The Morgan fingerprint density at radius 3 is 2.59 bits per heavy atom. The maximum absolute atomic E-state index is 11.9. The van der Waals surface area contributed by atoms with E-state index < -0.39 is 25.2 Å². The summed E-state index contributed by atoms with van der Waals surface area (Å²) >= 11 is 5.65. The van der Waals surface area contributed by atoms with Crippen LogP contribution in [0.25, 0.3) is 0 Å². The summed E-state index contributed by atoms with van der Waals surface area (Å²) in [5.74, 6) is -1.56. The highest BCUT2D eigenvalue weighted by Gasteiger charge is 2.27. The molecule has 0 aliphatic heterocycles. The van der Waals surface area contributed by atoms with Crippen molar-refractivity contribution in [2.75, 3.05) is 6.61 Å². The summed E-state index contributed by atoms with van der Waals surface area (Å²) in [6.45, 7) is -0.673. The van der Waals surface area contributed by atoms with Gasteiger partial charge in [-0.1, -0.05) is 17.7 Å². The van der Waals surface area contributed by atoms with E-state index in [4.69, 9.17) is 21.4 Å². The van der Waals surface area contributed by atoms with Gasteiger partial charge in [-0.2, -0.15) is 13.2 Å². The molecule has 0 fully saturated rings. The molecule has 0 bridgehead atoms. The number of carboxylic acids is 1. The third-order valence-corrected chi connectivity index (χ3v) is 2.13. The summed E-state index contributed by atoms with van der Waals surface area (Å²) in [5.41, 5.74) is -0.264. The van der Waals surface area contributed by atoms with Crippen molar-refractivity contribution in [3.05, 3.63) is 28.8 Å². The van der Waals surface area contributed by atoms with Gasteiger partial charge in [-0.25, -0.2) is 4.79 Å². The quantitative estimate of drug-likeness (QED) is 0.911. The maximum atomic E-state index is 11.9. The number of rotatable bonds is 4. The van der Waals surface area contributed by atoms with Crippen LogP contribution in [0.5, 0.6) is 5.75 Å². The first kappa shape index (κ1) is 13.6. The normalized spacial score (nSPS) is 11.3. The molecule has 0 radical (unpaired) electrons. The second-order valence-electron chi connectivity index (χ2n) is 3.14. The molecule has 17 heavy (non-hydrogen) atoms. The lowest BCUT2D eigenvalue weighted by atomic mass is 10.2. The van der Waals surface area contributed by atoms with Gasteiger partial charge in [-0.15, -0.1) is 0 Å². The van der Waals surface area contributed by atoms with Crippen LogP contribution in [0.4, 0.5) is 13.2 Å². The Morgan fingerprint density at radius 1 is 1.41 bits per heavy atom. The summed E-state index contributed by atoms with van der Waals surface area (Å²) in [7, 11) is 0. The average molecular weight is 269 g/mol. The summed E-state index contributed by atoms with van der Waals surface area (Å²) in [5, 5.41) is 8.75. The van der Waals surface area contributed by atoms with Crippen LogP contribution in [-0.2, 0) is 0 Å². The molecule has 0 amide bonds. The number of aromatic carboxylic acids is 1. The predicted octanol–water partition coefficient (Wildman–Crippen LogP) is 3.37. The first-order valence-corrected chi connectivity index (χ1v) is 4.90. The molecule has 7 heteroatoms. The zero-order valence-electron chi connectivity index (χ0n) is 8.42. The first-order valence-electron chi connectivity index (χ1n) is 4.52. The number of ether oxygens (including phenoxy) is 1. The monoisotopic (exact) mass is 268 g/mol. The molecule has 3 nitrogen and oxygen atoms in total. The van der Waals surface area contributed by atoms with E-state index in [1.165, 1.54) is 18.2 Å². The topological polar surface area (TPSA) is 46.5 Å². The molecule has 0 aromatic heterocycles. The number of hydrogen-bond acceptors (Lipinski definition) is 2. The van der Waals surface area contributed by atoms with E-state index in [9.17, 15) is 18.0 Å². The molecule has 0 spiro atoms. The van der Waals surface area contributed by atoms with E-state index in [0.717, 1.165) is 0 Å². The Kier molecular flexibility index (Phi) is 4.22. The van der Waals surface area contributed by atoms with Crippen LogP contribution in [0.15, 0.2) is 18.2 Å². The molecule has 0 saturated heterocycles. The largest absolute Gasteiger partial charge is 0.491 e. The zero-order valence-corrected chi connectivity index (χ0v) is 9.18. The first-order chi connectivity index (χ1) is 7.81. The minimum atomic E-state index is -4.36. The summed E-state index contributed by atoms with van der Waals surface area (Å²) in [6, 6.07) is 3.93. The Labute approximate surface area is 99.8 Å². The lowest BCUT2D eigenvalue weighted by Gasteiger charge is -2.11. The molecule has 0 aliphatic carbocycles. The van der Waals surface area contributed by atoms with Gasteiger partial charge in [0.15, 0.2) is 5.75 Å². The SMILES string of the molecule is O=C(O)c1cccc(Cl)c1OCCC(F)(F)F. The van der Waals surface area contributed by atoms with Gasteiger partial charge >= 0.3 is 12.1 Å². The Bertz CT molecular complexity index is 418. The molecule has 0 unspecified atom stereocenters. The van der Waals surface area contributed by atoms with Crippen molar-refractivity contribution in [1.29, 1.82) is 0 Å². The van der Waals surface area contributed by atoms with Gasteiger partial charge in [0, 0.05) is 0 Å². The fourth-order valence-corrected chi connectivity index (χ4v) is 1.32. The number of alkyl halides is 3. The summed E-state index contributed by atoms with van der Waals surface area (Å²) < 4.78 is 40.4. The van der Waals surface area contributed by atoms with E-state index in [-0.39, 0.29) is 16.3 Å². The molecular formula is C10H8ClF3O3. The molecule has 1 N–H and O–H groups in total. The maximum Gasteiger partial charge on any atom is 0.392 e. The fourth-order valence-electron chi connectivity index (χ4n) is 1.09. The van der Waals surface area contributed by atoms with E-state index in [2.05, 4.69) is 0 Å². The standard InChI is InChI=1S/C10H8ClF3O3/c11-7-3-1-2-6(9(15)16)8(7)17-5-4-10(12,13)14/h1-3H,4-5H2,(H,15,16). The Hall–Kier alpha value is -1.43. The van der Waals surface area contributed by atoms with Crippen LogP contribution < -0.4 is 4.74 Å². The molecule has 1 aromatic rings.